The van der Waals surface area contributed by atoms with Gasteiger partial charge in [-0.15, -0.1) is 24.8 Å². The predicted molar refractivity (Wildman–Crippen MR) is 112 cm³/mol. The molecular formula is C20H27Cl2N3O. The monoisotopic (exact) mass is 395 g/mol. The third-order valence-corrected chi connectivity index (χ3v) is 4.63. The van der Waals surface area contributed by atoms with Crippen LogP contribution in [0.4, 0.5) is 5.69 Å². The van der Waals surface area contributed by atoms with E-state index in [0.29, 0.717) is 17.2 Å². The van der Waals surface area contributed by atoms with Gasteiger partial charge in [0.05, 0.1) is 0 Å². The van der Waals surface area contributed by atoms with Gasteiger partial charge in [0.25, 0.3) is 5.91 Å². The number of hydrogen-bond donors (Lipinski definition) is 2. The number of carbonyl (C=O) groups is 1. The maximum absolute atomic E-state index is 12.2. The average Bonchev–Trinajstić information content (AvgIpc) is 3.07. The lowest BCUT2D eigenvalue weighted by molar-refractivity contribution is 0.0947. The van der Waals surface area contributed by atoms with Crippen LogP contribution in [0.15, 0.2) is 54.6 Å². The summed E-state index contributed by atoms with van der Waals surface area (Å²) in [5.41, 5.74) is 8.37. The van der Waals surface area contributed by atoms with Crippen LogP contribution >= 0.6 is 24.8 Å². The Morgan fingerprint density at radius 3 is 2.62 bits per heavy atom. The number of benzene rings is 2. The Labute approximate surface area is 168 Å². The first kappa shape index (κ1) is 22.3. The minimum Gasteiger partial charge on any atom is -0.399 e. The molecule has 1 fully saturated rings. The Hall–Kier alpha value is -1.75. The third-order valence-electron chi connectivity index (χ3n) is 4.63. The minimum atomic E-state index is -0.0370. The average molecular weight is 396 g/mol. The molecule has 0 radical (unpaired) electrons. The quantitative estimate of drug-likeness (QED) is 0.736. The summed E-state index contributed by atoms with van der Waals surface area (Å²) in [6, 6.07) is 17.7. The highest BCUT2D eigenvalue weighted by molar-refractivity contribution is 5.94. The van der Waals surface area contributed by atoms with Gasteiger partial charge in [-0.3, -0.25) is 4.79 Å². The molecule has 3 rings (SSSR count). The molecule has 0 spiro atoms. The third kappa shape index (κ3) is 6.52. The van der Waals surface area contributed by atoms with E-state index < -0.39 is 0 Å². The van der Waals surface area contributed by atoms with Crippen molar-refractivity contribution in [1.82, 2.24) is 10.2 Å². The number of nitrogen functional groups attached to an aromatic ring is 1. The number of amides is 1. The summed E-state index contributed by atoms with van der Waals surface area (Å²) in [7, 11) is 0. The zero-order chi connectivity index (χ0) is 16.8. The van der Waals surface area contributed by atoms with Crippen LogP contribution in [0.2, 0.25) is 0 Å². The number of halogens is 2. The molecule has 1 heterocycles. The molecule has 1 unspecified atom stereocenters. The second-order valence-corrected chi connectivity index (χ2v) is 6.53. The van der Waals surface area contributed by atoms with Gasteiger partial charge in [-0.2, -0.15) is 0 Å². The van der Waals surface area contributed by atoms with Crippen LogP contribution < -0.4 is 11.1 Å². The highest BCUT2D eigenvalue weighted by Gasteiger charge is 2.22. The lowest BCUT2D eigenvalue weighted by Gasteiger charge is -2.16. The summed E-state index contributed by atoms with van der Waals surface area (Å²) < 4.78 is 0. The Morgan fingerprint density at radius 2 is 1.88 bits per heavy atom. The van der Waals surface area contributed by atoms with E-state index in [-0.39, 0.29) is 30.7 Å². The summed E-state index contributed by atoms with van der Waals surface area (Å²) >= 11 is 0. The molecule has 142 valence electrons. The van der Waals surface area contributed by atoms with Crippen molar-refractivity contribution in [2.24, 2.45) is 5.92 Å². The molecule has 6 heteroatoms. The smallest absolute Gasteiger partial charge is 0.251 e. The first-order valence-corrected chi connectivity index (χ1v) is 8.61. The van der Waals surface area contributed by atoms with Crippen LogP contribution in [0, 0.1) is 5.92 Å². The van der Waals surface area contributed by atoms with Crippen LogP contribution in [0.25, 0.3) is 0 Å². The van der Waals surface area contributed by atoms with E-state index in [1.807, 2.05) is 6.07 Å². The van der Waals surface area contributed by atoms with E-state index in [2.05, 4.69) is 40.5 Å². The zero-order valence-electron chi connectivity index (χ0n) is 14.8. The van der Waals surface area contributed by atoms with Crippen molar-refractivity contribution in [1.29, 1.82) is 0 Å². The molecule has 0 bridgehead atoms. The molecule has 2 aromatic carbocycles. The van der Waals surface area contributed by atoms with Crippen molar-refractivity contribution < 1.29 is 4.79 Å². The molecule has 1 aliphatic heterocycles. The second kappa shape index (κ2) is 11.1. The topological polar surface area (TPSA) is 58.4 Å². The highest BCUT2D eigenvalue weighted by atomic mass is 35.5. The molecule has 2 aromatic rings. The van der Waals surface area contributed by atoms with Gasteiger partial charge in [-0.1, -0.05) is 36.4 Å². The molecular weight excluding hydrogens is 369 g/mol. The number of likely N-dealkylation sites (tertiary alicyclic amines) is 1. The number of nitrogens with one attached hydrogen (secondary N) is 1. The minimum absolute atomic E-state index is 0. The molecule has 3 N–H and O–H groups in total. The standard InChI is InChI=1S/C20H25N3O.2ClH/c21-19-8-4-7-18(13-19)20(24)22-14-17-10-12-23(15-17)11-9-16-5-2-1-3-6-16;;/h1-8,13,17H,9-12,14-15,21H2,(H,22,24);2*1H. The Balaban J connectivity index is 0.00000169. The van der Waals surface area contributed by atoms with Gasteiger partial charge in [0.1, 0.15) is 0 Å². The maximum atomic E-state index is 12.2. The normalized spacial score (nSPS) is 16.4. The summed E-state index contributed by atoms with van der Waals surface area (Å²) in [5.74, 6) is 0.496. The molecule has 1 saturated heterocycles. The number of carbonyl (C=O) groups excluding carboxylic acids is 1. The van der Waals surface area contributed by atoms with E-state index in [1.165, 1.54) is 5.56 Å². The lowest BCUT2D eigenvalue weighted by atomic mass is 10.1. The molecule has 0 aliphatic carbocycles. The number of nitrogens with zero attached hydrogens (tertiary/aromatic N) is 1. The van der Waals surface area contributed by atoms with Crippen LogP contribution in [0.1, 0.15) is 22.3 Å². The largest absolute Gasteiger partial charge is 0.399 e. The van der Waals surface area contributed by atoms with Crippen LogP contribution in [-0.2, 0) is 6.42 Å². The summed E-state index contributed by atoms with van der Waals surface area (Å²) in [5, 5.41) is 3.04. The van der Waals surface area contributed by atoms with Gasteiger partial charge >= 0.3 is 0 Å². The fraction of sp³-hybridized carbons (Fsp3) is 0.350. The van der Waals surface area contributed by atoms with Crippen molar-refractivity contribution in [3.05, 3.63) is 65.7 Å². The number of nitrogens with two attached hydrogens (primary N) is 1. The van der Waals surface area contributed by atoms with Crippen LogP contribution in [0.3, 0.4) is 0 Å². The molecule has 1 aliphatic rings. The van der Waals surface area contributed by atoms with Gasteiger partial charge in [0, 0.05) is 30.9 Å². The highest BCUT2D eigenvalue weighted by Crippen LogP contribution is 2.16. The first-order valence-electron chi connectivity index (χ1n) is 8.61. The maximum Gasteiger partial charge on any atom is 0.251 e. The summed E-state index contributed by atoms with van der Waals surface area (Å²) in [6.07, 6.45) is 2.23. The van der Waals surface area contributed by atoms with Crippen molar-refractivity contribution >= 4 is 36.4 Å². The lowest BCUT2D eigenvalue weighted by Crippen LogP contribution is -2.31. The van der Waals surface area contributed by atoms with Crippen LogP contribution in [0.5, 0.6) is 0 Å². The Kier molecular flexibility index (Phi) is 9.49. The van der Waals surface area contributed by atoms with E-state index in [1.54, 1.807) is 18.2 Å². The van der Waals surface area contributed by atoms with Gasteiger partial charge in [-0.05, 0) is 49.1 Å². The molecule has 1 amide bonds. The van der Waals surface area contributed by atoms with Gasteiger partial charge in [0.15, 0.2) is 0 Å². The van der Waals surface area contributed by atoms with Gasteiger partial charge in [0.2, 0.25) is 0 Å². The van der Waals surface area contributed by atoms with Crippen molar-refractivity contribution in [2.75, 3.05) is 31.9 Å². The Bertz CT molecular complexity index is 682. The van der Waals surface area contributed by atoms with Crippen LogP contribution in [-0.4, -0.2) is 37.0 Å². The number of anilines is 1. The van der Waals surface area contributed by atoms with Gasteiger partial charge < -0.3 is 16.0 Å². The fourth-order valence-electron chi connectivity index (χ4n) is 3.23. The van der Waals surface area contributed by atoms with Crippen molar-refractivity contribution in [2.45, 2.75) is 12.8 Å². The molecule has 4 nitrogen and oxygen atoms in total. The summed E-state index contributed by atoms with van der Waals surface area (Å²) in [4.78, 5) is 14.7. The van der Waals surface area contributed by atoms with Crippen molar-refractivity contribution in [3.63, 3.8) is 0 Å². The molecule has 1 atom stereocenters. The summed E-state index contributed by atoms with van der Waals surface area (Å²) in [6.45, 7) is 3.99. The number of hydrogen-bond acceptors (Lipinski definition) is 3. The first-order chi connectivity index (χ1) is 11.7. The number of rotatable bonds is 6. The Morgan fingerprint density at radius 1 is 1.12 bits per heavy atom. The molecule has 0 saturated carbocycles. The van der Waals surface area contributed by atoms with E-state index in [4.69, 9.17) is 5.73 Å². The zero-order valence-corrected chi connectivity index (χ0v) is 16.4. The van der Waals surface area contributed by atoms with E-state index in [9.17, 15) is 4.79 Å². The molecule has 0 aromatic heterocycles. The molecule has 26 heavy (non-hydrogen) atoms. The van der Waals surface area contributed by atoms with Crippen molar-refractivity contribution in [3.8, 4) is 0 Å². The second-order valence-electron chi connectivity index (χ2n) is 6.53. The van der Waals surface area contributed by atoms with E-state index in [0.717, 1.165) is 39.0 Å². The fourth-order valence-corrected chi connectivity index (χ4v) is 3.23. The SMILES string of the molecule is Cl.Cl.Nc1cccc(C(=O)NCC2CCN(CCc3ccccc3)C2)c1. The van der Waals surface area contributed by atoms with E-state index >= 15 is 0 Å². The van der Waals surface area contributed by atoms with Gasteiger partial charge in [-0.25, -0.2) is 0 Å². The predicted octanol–water partition coefficient (Wildman–Crippen LogP) is 3.41.